The molecule has 0 aliphatic rings. The van der Waals surface area contributed by atoms with E-state index in [2.05, 4.69) is 24.5 Å². The van der Waals surface area contributed by atoms with E-state index in [0.29, 0.717) is 32.9 Å². The zero-order valence-corrected chi connectivity index (χ0v) is 27.7. The first-order valence-corrected chi connectivity index (χ1v) is 17.8. The summed E-state index contributed by atoms with van der Waals surface area (Å²) in [4.78, 5) is 39.5. The Morgan fingerprint density at radius 2 is 1.94 bits per heavy atom. The number of sulfone groups is 1. The Kier molecular flexibility index (Phi) is 9.53. The quantitative estimate of drug-likeness (QED) is 0.0882. The van der Waals surface area contributed by atoms with E-state index in [1.165, 1.54) is 48.8 Å². The topological polar surface area (TPSA) is 191 Å². The monoisotopic (exact) mass is 738 g/mol. The van der Waals surface area contributed by atoms with Gasteiger partial charge in [0.05, 0.1) is 28.3 Å². The van der Waals surface area contributed by atoms with Crippen LogP contribution >= 0.6 is 19.4 Å². The van der Waals surface area contributed by atoms with Crippen LogP contribution in [0.1, 0.15) is 16.8 Å². The summed E-state index contributed by atoms with van der Waals surface area (Å²) in [5.74, 6) is -1.18. The molecule has 5 rings (SSSR count). The molecule has 0 saturated heterocycles. The maximum Gasteiger partial charge on any atom is 0.472 e. The summed E-state index contributed by atoms with van der Waals surface area (Å²) in [5.41, 5.74) is 1.42. The SMILES string of the molecule is [2H]C([2H])(Oc1ccc(Nc2ncnc3ccc(-c4ccc(CN(C(=O)OCOP(=O)(O)O)C([2H])([2H])CS(C)(=O)=O)o4)cc23)cc1Cl)c1cccc(F)c1. The van der Waals surface area contributed by atoms with Crippen molar-refractivity contribution in [3.63, 3.8) is 0 Å². The number of amides is 1. The minimum atomic E-state index is -5.04. The number of benzene rings is 3. The van der Waals surface area contributed by atoms with Crippen molar-refractivity contribution < 1.29 is 55.9 Å². The lowest BCUT2D eigenvalue weighted by molar-refractivity contribution is 0.0191. The third-order valence-corrected chi connectivity index (χ3v) is 7.73. The highest BCUT2D eigenvalue weighted by molar-refractivity contribution is 7.90. The van der Waals surface area contributed by atoms with Crippen LogP contribution in [0.3, 0.4) is 0 Å². The van der Waals surface area contributed by atoms with Gasteiger partial charge < -0.3 is 29.0 Å². The maximum atomic E-state index is 13.7. The second-order valence-corrected chi connectivity index (χ2v) is 14.0. The minimum Gasteiger partial charge on any atom is -0.487 e. The van der Waals surface area contributed by atoms with Crippen molar-refractivity contribution in [2.75, 3.05) is 30.6 Å². The molecule has 0 spiro atoms. The van der Waals surface area contributed by atoms with E-state index in [9.17, 15) is 22.2 Å². The Hall–Kier alpha value is -4.57. The van der Waals surface area contributed by atoms with Crippen LogP contribution in [0.25, 0.3) is 22.2 Å². The van der Waals surface area contributed by atoms with Crippen LogP contribution in [-0.4, -0.2) is 64.5 Å². The Morgan fingerprint density at radius 1 is 1.12 bits per heavy atom. The van der Waals surface area contributed by atoms with E-state index in [1.807, 2.05) is 0 Å². The van der Waals surface area contributed by atoms with Gasteiger partial charge in [-0.1, -0.05) is 23.7 Å². The molecule has 2 aromatic heterocycles. The first-order valence-electron chi connectivity index (χ1n) is 15.9. The molecular weight excluding hydrogens is 706 g/mol. The molecule has 0 radical (unpaired) electrons. The molecule has 0 fully saturated rings. The lowest BCUT2D eigenvalue weighted by Crippen LogP contribution is -2.35. The van der Waals surface area contributed by atoms with Crippen molar-refractivity contribution in [3.05, 3.63) is 101 Å². The number of phosphoric acid groups is 1. The summed E-state index contributed by atoms with van der Waals surface area (Å²) in [5, 5.41) is 3.69. The summed E-state index contributed by atoms with van der Waals surface area (Å²) >= 11 is 6.43. The number of carbonyl (C=O) groups is 1. The molecule has 1 amide bonds. The van der Waals surface area contributed by atoms with Gasteiger partial charge in [-0.15, -0.1) is 0 Å². The molecule has 49 heavy (non-hydrogen) atoms. The third-order valence-electron chi connectivity index (χ3n) is 6.33. The fourth-order valence-electron chi connectivity index (χ4n) is 4.15. The van der Waals surface area contributed by atoms with E-state index in [0.717, 1.165) is 12.3 Å². The molecule has 14 nitrogen and oxygen atoms in total. The van der Waals surface area contributed by atoms with E-state index >= 15 is 0 Å². The molecule has 0 aliphatic carbocycles. The lowest BCUT2D eigenvalue weighted by atomic mass is 10.1. The Morgan fingerprint density at radius 3 is 2.67 bits per heavy atom. The van der Waals surface area contributed by atoms with Crippen molar-refractivity contribution in [3.8, 4) is 17.1 Å². The van der Waals surface area contributed by atoms with Gasteiger partial charge in [0.2, 0.25) is 6.79 Å². The number of halogens is 2. The van der Waals surface area contributed by atoms with Crippen LogP contribution in [0.5, 0.6) is 5.75 Å². The average molecular weight is 739 g/mol. The fourth-order valence-corrected chi connectivity index (χ4v) is 4.95. The zero-order valence-electron chi connectivity index (χ0n) is 29.2. The number of fused-ring (bicyclic) bond motifs is 1. The molecule has 258 valence electrons. The third kappa shape index (κ3) is 10.5. The van der Waals surface area contributed by atoms with Gasteiger partial charge in [0.25, 0.3) is 0 Å². The van der Waals surface area contributed by atoms with E-state index in [1.54, 1.807) is 24.3 Å². The number of nitrogens with zero attached hydrogens (tertiary/aromatic N) is 3. The highest BCUT2D eigenvalue weighted by Gasteiger charge is 2.22. The Labute approximate surface area is 290 Å². The smallest absolute Gasteiger partial charge is 0.472 e. The standard InChI is InChI=1S/C31H29ClFN4O10PS/c1-49(42,43)12-11-37(31(38)45-19-46-48(39,40)41)16-24-7-10-28(47-24)21-5-8-27-25(14-21)30(35-18-34-27)36-23-6-9-29(26(32)15-23)44-17-20-3-2-4-22(33)13-20/h2-10,13-15,18H,11-12,16-17,19H2,1H3,(H,34,35,36)(H2,39,40,41)/i11D2,17D2. The van der Waals surface area contributed by atoms with Crippen molar-refractivity contribution >= 4 is 57.8 Å². The average Bonchev–Trinajstić information content (AvgIpc) is 3.52. The van der Waals surface area contributed by atoms with Gasteiger partial charge in [-0.3, -0.25) is 4.90 Å². The Bertz CT molecular complexity index is 2320. The molecule has 0 saturated carbocycles. The summed E-state index contributed by atoms with van der Waals surface area (Å²) in [7, 11) is -9.01. The van der Waals surface area contributed by atoms with Gasteiger partial charge in [-0.2, -0.15) is 0 Å². The highest BCUT2D eigenvalue weighted by Crippen LogP contribution is 2.36. The Balaban J connectivity index is 1.36. The molecule has 2 heterocycles. The maximum absolute atomic E-state index is 13.7. The van der Waals surface area contributed by atoms with Crippen LogP contribution in [0.2, 0.25) is 5.02 Å². The lowest BCUT2D eigenvalue weighted by Gasteiger charge is -2.20. The number of nitrogens with one attached hydrogen (secondary N) is 1. The van der Waals surface area contributed by atoms with Crippen molar-refractivity contribution in [1.29, 1.82) is 0 Å². The molecular formula is C31H29ClFN4O10PS. The fraction of sp³-hybridized carbons (Fsp3) is 0.194. The normalized spacial score (nSPS) is 13.6. The van der Waals surface area contributed by atoms with Gasteiger partial charge in [-0.25, -0.2) is 36.7 Å². The molecule has 0 atom stereocenters. The number of carbonyl (C=O) groups excluding carboxylic acids is 1. The molecule has 0 unspecified atom stereocenters. The van der Waals surface area contributed by atoms with Gasteiger partial charge in [0.1, 0.15) is 51.6 Å². The second-order valence-electron chi connectivity index (χ2n) is 10.2. The number of phosphoric ester groups is 1. The van der Waals surface area contributed by atoms with E-state index in [-0.39, 0.29) is 27.9 Å². The number of ether oxygens (including phenoxy) is 2. The molecule has 3 aromatic carbocycles. The number of hydrogen-bond acceptors (Lipinski definition) is 11. The van der Waals surface area contributed by atoms with Crippen molar-refractivity contribution in [2.45, 2.75) is 13.1 Å². The molecule has 18 heteroatoms. The van der Waals surface area contributed by atoms with Crippen LogP contribution in [0.15, 0.2) is 83.5 Å². The van der Waals surface area contributed by atoms with Crippen LogP contribution in [-0.2, 0) is 36.8 Å². The predicted octanol–water partition coefficient (Wildman–Crippen LogP) is 6.05. The predicted molar refractivity (Wildman–Crippen MR) is 177 cm³/mol. The van der Waals surface area contributed by atoms with Gasteiger partial charge >= 0.3 is 13.9 Å². The summed E-state index contributed by atoms with van der Waals surface area (Å²) in [6.45, 7) is -7.13. The van der Waals surface area contributed by atoms with Crippen molar-refractivity contribution in [2.24, 2.45) is 0 Å². The van der Waals surface area contributed by atoms with Crippen LogP contribution in [0, 0.1) is 5.82 Å². The van der Waals surface area contributed by atoms with Gasteiger partial charge in [-0.05, 0) is 66.2 Å². The van der Waals surface area contributed by atoms with Gasteiger partial charge in [0.15, 0.2) is 0 Å². The van der Waals surface area contributed by atoms with Crippen LogP contribution < -0.4 is 10.1 Å². The van der Waals surface area contributed by atoms with E-state index < -0.39 is 61.7 Å². The molecule has 5 aromatic rings. The first-order chi connectivity index (χ1) is 24.7. The highest BCUT2D eigenvalue weighted by atomic mass is 35.5. The van der Waals surface area contributed by atoms with Crippen LogP contribution in [0.4, 0.5) is 20.7 Å². The number of hydrogen-bond donors (Lipinski definition) is 3. The summed E-state index contributed by atoms with van der Waals surface area (Å²) < 4.78 is 102. The number of furan rings is 1. The van der Waals surface area contributed by atoms with Crippen molar-refractivity contribution in [1.82, 2.24) is 14.9 Å². The molecule has 3 N–H and O–H groups in total. The van der Waals surface area contributed by atoms with E-state index in [4.69, 9.17) is 36.0 Å². The summed E-state index contributed by atoms with van der Waals surface area (Å²) in [6, 6.07) is 17.4. The minimum absolute atomic E-state index is 0.000579. The molecule has 0 bridgehead atoms. The number of aromatic nitrogens is 2. The largest absolute Gasteiger partial charge is 0.487 e. The second kappa shape index (κ2) is 15.3. The van der Waals surface area contributed by atoms with Gasteiger partial charge in [0, 0.05) is 29.4 Å². The molecule has 0 aliphatic heterocycles. The first kappa shape index (κ1) is 30.5. The number of rotatable bonds is 14. The number of anilines is 2. The zero-order chi connectivity index (χ0) is 38.8. The summed E-state index contributed by atoms with van der Waals surface area (Å²) in [6.07, 6.45) is 0.609.